The zero-order valence-corrected chi connectivity index (χ0v) is 22.3. The molecule has 0 aliphatic heterocycles. The maximum atomic E-state index is 13.2. The zero-order chi connectivity index (χ0) is 27.9. The summed E-state index contributed by atoms with van der Waals surface area (Å²) < 4.78 is 11.5. The molecular weight excluding hydrogens is 496 g/mol. The van der Waals surface area contributed by atoms with Crippen LogP contribution >= 0.6 is 0 Å². The molecule has 0 fully saturated rings. The Labute approximate surface area is 228 Å². The second kappa shape index (κ2) is 12.6. The molecule has 2 amide bonds. The first-order chi connectivity index (χ1) is 18.8. The monoisotopic (exact) mass is 530 g/mol. The molecule has 0 radical (unpaired) electrons. The summed E-state index contributed by atoms with van der Waals surface area (Å²) in [6.07, 6.45) is -1.56. The predicted molar refractivity (Wildman–Crippen MR) is 147 cm³/mol. The number of carboxylic acids is 1. The quantitative estimate of drug-likeness (QED) is 0.331. The number of aliphatic carboxylic acids is 1. The number of fused-ring (bicyclic) bond motifs is 3. The lowest BCUT2D eigenvalue weighted by atomic mass is 9.98. The molecule has 3 aromatic rings. The number of rotatable bonds is 11. The van der Waals surface area contributed by atoms with Crippen molar-refractivity contribution in [3.8, 4) is 11.1 Å². The number of alkyl carbamates (subject to hydrolysis) is 1. The standard InChI is InChI=1S/C31H34N2O6/c1-19(2)27(30(35)36)32-29(34)28(20(3)38-17-21-11-5-4-6-12-21)33-31(37)39-18-26-24-15-9-7-13-22(24)23-14-8-10-16-25(23)26/h4-16,19-20,26-28H,17-18H2,1-3H3,(H,32,34)(H,33,37)(H,35,36)/t20?,27-,28?/m0/s1. The summed E-state index contributed by atoms with van der Waals surface area (Å²) >= 11 is 0. The van der Waals surface area contributed by atoms with E-state index in [9.17, 15) is 19.5 Å². The highest BCUT2D eigenvalue weighted by Gasteiger charge is 2.34. The average molecular weight is 531 g/mol. The van der Waals surface area contributed by atoms with Crippen LogP contribution in [0.15, 0.2) is 78.9 Å². The summed E-state index contributed by atoms with van der Waals surface area (Å²) in [6.45, 7) is 5.34. The Morgan fingerprint density at radius 3 is 1.92 bits per heavy atom. The molecule has 1 aliphatic carbocycles. The highest BCUT2D eigenvalue weighted by atomic mass is 16.5. The van der Waals surface area contributed by atoms with Crippen molar-refractivity contribution in [2.75, 3.05) is 6.61 Å². The number of carboxylic acid groups (broad SMARTS) is 1. The summed E-state index contributed by atoms with van der Waals surface area (Å²) in [6, 6.07) is 23.1. The minimum absolute atomic E-state index is 0.0806. The van der Waals surface area contributed by atoms with Crippen molar-refractivity contribution in [1.82, 2.24) is 10.6 Å². The molecule has 3 aromatic carbocycles. The van der Waals surface area contributed by atoms with E-state index in [4.69, 9.17) is 9.47 Å². The number of carbonyl (C=O) groups excluding carboxylic acids is 2. The van der Waals surface area contributed by atoms with Gasteiger partial charge in [0.15, 0.2) is 0 Å². The van der Waals surface area contributed by atoms with E-state index in [-0.39, 0.29) is 25.0 Å². The fraction of sp³-hybridized carbons (Fsp3) is 0.323. The van der Waals surface area contributed by atoms with E-state index < -0.39 is 36.2 Å². The minimum atomic E-state index is -1.18. The first kappa shape index (κ1) is 27.9. The first-order valence-corrected chi connectivity index (χ1v) is 13.1. The number of nitrogens with one attached hydrogen (secondary N) is 2. The molecule has 0 aromatic heterocycles. The number of hydrogen-bond acceptors (Lipinski definition) is 5. The highest BCUT2D eigenvalue weighted by molar-refractivity contribution is 5.90. The van der Waals surface area contributed by atoms with Gasteiger partial charge in [0.2, 0.25) is 5.91 Å². The molecule has 0 saturated heterocycles. The molecule has 0 bridgehead atoms. The van der Waals surface area contributed by atoms with Gasteiger partial charge in [-0.05, 0) is 40.7 Å². The van der Waals surface area contributed by atoms with E-state index in [2.05, 4.69) is 10.6 Å². The fourth-order valence-electron chi connectivity index (χ4n) is 4.82. The van der Waals surface area contributed by atoms with Crippen LogP contribution in [0.2, 0.25) is 0 Å². The van der Waals surface area contributed by atoms with E-state index in [1.54, 1.807) is 20.8 Å². The van der Waals surface area contributed by atoms with Crippen LogP contribution in [0, 0.1) is 5.92 Å². The molecule has 8 nitrogen and oxygen atoms in total. The largest absolute Gasteiger partial charge is 0.480 e. The lowest BCUT2D eigenvalue weighted by molar-refractivity contribution is -0.144. The number of amides is 2. The van der Waals surface area contributed by atoms with Crippen molar-refractivity contribution in [3.05, 3.63) is 95.6 Å². The third-order valence-electron chi connectivity index (χ3n) is 6.96. The van der Waals surface area contributed by atoms with Crippen molar-refractivity contribution in [2.45, 2.75) is 51.5 Å². The lowest BCUT2D eigenvalue weighted by Gasteiger charge is -2.27. The summed E-state index contributed by atoms with van der Waals surface area (Å²) in [7, 11) is 0. The van der Waals surface area contributed by atoms with Gasteiger partial charge in [-0.3, -0.25) is 4.79 Å². The maximum Gasteiger partial charge on any atom is 0.407 e. The first-order valence-electron chi connectivity index (χ1n) is 13.1. The maximum absolute atomic E-state index is 13.2. The van der Waals surface area contributed by atoms with Gasteiger partial charge < -0.3 is 25.2 Å². The van der Waals surface area contributed by atoms with Gasteiger partial charge in [-0.25, -0.2) is 9.59 Å². The van der Waals surface area contributed by atoms with Gasteiger partial charge in [-0.1, -0.05) is 92.7 Å². The van der Waals surface area contributed by atoms with Crippen LogP contribution in [-0.2, 0) is 25.7 Å². The summed E-state index contributed by atoms with van der Waals surface area (Å²) in [4.78, 5) is 37.9. The Kier molecular flexibility index (Phi) is 8.99. The SMILES string of the molecule is CC(OCc1ccccc1)C(NC(=O)OCC1c2ccccc2-c2ccccc21)C(=O)N[C@H](C(=O)O)C(C)C. The molecule has 39 heavy (non-hydrogen) atoms. The van der Waals surface area contributed by atoms with Crippen LogP contribution in [0.25, 0.3) is 11.1 Å². The van der Waals surface area contributed by atoms with Gasteiger partial charge in [0.1, 0.15) is 18.7 Å². The number of benzene rings is 3. The fourth-order valence-corrected chi connectivity index (χ4v) is 4.82. The molecule has 8 heteroatoms. The van der Waals surface area contributed by atoms with Crippen LogP contribution in [-0.4, -0.2) is 47.9 Å². The molecule has 0 heterocycles. The van der Waals surface area contributed by atoms with E-state index in [0.717, 1.165) is 27.8 Å². The molecule has 0 saturated carbocycles. The van der Waals surface area contributed by atoms with Crippen LogP contribution in [0.5, 0.6) is 0 Å². The van der Waals surface area contributed by atoms with Crippen molar-refractivity contribution < 1.29 is 29.0 Å². The van der Waals surface area contributed by atoms with E-state index >= 15 is 0 Å². The topological polar surface area (TPSA) is 114 Å². The van der Waals surface area contributed by atoms with Crippen LogP contribution in [0.3, 0.4) is 0 Å². The second-order valence-electron chi connectivity index (χ2n) is 10.0. The Bertz CT molecular complexity index is 1260. The summed E-state index contributed by atoms with van der Waals surface area (Å²) in [5.74, 6) is -2.32. The van der Waals surface area contributed by atoms with Gasteiger partial charge in [0, 0.05) is 5.92 Å². The van der Waals surface area contributed by atoms with Crippen molar-refractivity contribution >= 4 is 18.0 Å². The van der Waals surface area contributed by atoms with E-state index in [1.165, 1.54) is 0 Å². The third kappa shape index (κ3) is 6.64. The molecule has 1 aliphatic rings. The van der Waals surface area contributed by atoms with Gasteiger partial charge in [0.25, 0.3) is 0 Å². The minimum Gasteiger partial charge on any atom is -0.480 e. The molecule has 3 N–H and O–H groups in total. The molecule has 3 atom stereocenters. The average Bonchev–Trinajstić information content (AvgIpc) is 3.26. The number of hydrogen-bond donors (Lipinski definition) is 3. The number of ether oxygens (including phenoxy) is 2. The highest BCUT2D eigenvalue weighted by Crippen LogP contribution is 2.44. The molecule has 2 unspecified atom stereocenters. The molecule has 204 valence electrons. The predicted octanol–water partition coefficient (Wildman–Crippen LogP) is 4.72. The van der Waals surface area contributed by atoms with Gasteiger partial charge >= 0.3 is 12.1 Å². The van der Waals surface area contributed by atoms with Gasteiger partial charge in [-0.2, -0.15) is 0 Å². The van der Waals surface area contributed by atoms with Crippen LogP contribution < -0.4 is 10.6 Å². The zero-order valence-electron chi connectivity index (χ0n) is 22.3. The van der Waals surface area contributed by atoms with E-state index in [1.807, 2.05) is 78.9 Å². The van der Waals surface area contributed by atoms with Crippen molar-refractivity contribution in [3.63, 3.8) is 0 Å². The normalized spacial score (nSPS) is 14.6. The Morgan fingerprint density at radius 2 is 1.36 bits per heavy atom. The van der Waals surface area contributed by atoms with Gasteiger partial charge in [-0.15, -0.1) is 0 Å². The third-order valence-corrected chi connectivity index (χ3v) is 6.96. The van der Waals surface area contributed by atoms with Crippen molar-refractivity contribution in [1.29, 1.82) is 0 Å². The Hall–Kier alpha value is -4.17. The second-order valence-corrected chi connectivity index (χ2v) is 10.0. The van der Waals surface area contributed by atoms with Crippen LogP contribution in [0.4, 0.5) is 4.79 Å². The number of carbonyl (C=O) groups is 3. The molecule has 4 rings (SSSR count). The summed E-state index contributed by atoms with van der Waals surface area (Å²) in [5, 5.41) is 14.7. The molecular formula is C31H34N2O6. The lowest BCUT2D eigenvalue weighted by Crippen LogP contribution is -2.57. The molecule has 0 spiro atoms. The van der Waals surface area contributed by atoms with Gasteiger partial charge in [0.05, 0.1) is 12.7 Å². The van der Waals surface area contributed by atoms with Crippen molar-refractivity contribution in [2.24, 2.45) is 5.92 Å². The smallest absolute Gasteiger partial charge is 0.407 e. The summed E-state index contributed by atoms with van der Waals surface area (Å²) in [5.41, 5.74) is 5.25. The van der Waals surface area contributed by atoms with E-state index in [0.29, 0.717) is 0 Å². The Balaban J connectivity index is 1.46. The Morgan fingerprint density at radius 1 is 0.795 bits per heavy atom. The van der Waals surface area contributed by atoms with Crippen LogP contribution in [0.1, 0.15) is 43.4 Å².